The maximum Gasteiger partial charge on any atom is 0.0555 e. The van der Waals surface area contributed by atoms with Crippen molar-refractivity contribution in [2.75, 3.05) is 27.2 Å². The molecule has 0 aliphatic carbocycles. The van der Waals surface area contributed by atoms with Crippen molar-refractivity contribution in [1.29, 1.82) is 0 Å². The van der Waals surface area contributed by atoms with Crippen LogP contribution in [-0.2, 0) is 20.1 Å². The van der Waals surface area contributed by atoms with Crippen LogP contribution in [0.2, 0.25) is 0 Å². The van der Waals surface area contributed by atoms with E-state index < -0.39 is 0 Å². The minimum atomic E-state index is 0.451. The minimum absolute atomic E-state index is 0.451. The number of aryl methyl sites for hydroxylation is 2. The van der Waals surface area contributed by atoms with Crippen LogP contribution >= 0.6 is 0 Å². The lowest BCUT2D eigenvalue weighted by atomic mass is 9.87. The third kappa shape index (κ3) is 3.70. The monoisotopic (exact) mass is 330 g/mol. The normalized spacial score (nSPS) is 22.4. The van der Waals surface area contributed by atoms with Gasteiger partial charge in [0.2, 0.25) is 0 Å². The van der Waals surface area contributed by atoms with Crippen molar-refractivity contribution >= 4 is 0 Å². The Morgan fingerprint density at radius 3 is 2.79 bits per heavy atom. The van der Waals surface area contributed by atoms with E-state index in [1.807, 2.05) is 21.8 Å². The molecule has 1 saturated heterocycles. The number of hydrogen-bond acceptors (Lipinski definition) is 4. The van der Waals surface area contributed by atoms with Gasteiger partial charge in [-0.25, -0.2) is 0 Å². The fraction of sp³-hybridized carbons (Fsp3) is 0.667. The van der Waals surface area contributed by atoms with Gasteiger partial charge in [-0.3, -0.25) is 14.3 Å². The van der Waals surface area contributed by atoms with Crippen molar-refractivity contribution in [2.45, 2.75) is 38.9 Å². The van der Waals surface area contributed by atoms with Crippen LogP contribution in [0.1, 0.15) is 37.1 Å². The molecule has 2 atom stereocenters. The minimum Gasteiger partial charge on any atom is -0.302 e. The van der Waals surface area contributed by atoms with Crippen molar-refractivity contribution < 1.29 is 0 Å². The Balaban J connectivity index is 1.68. The van der Waals surface area contributed by atoms with Crippen molar-refractivity contribution in [1.82, 2.24) is 29.4 Å². The average Bonchev–Trinajstić information content (AvgIpc) is 3.16. The molecule has 0 spiro atoms. The molecule has 0 aromatic carbocycles. The van der Waals surface area contributed by atoms with Gasteiger partial charge in [-0.1, -0.05) is 0 Å². The molecule has 0 N–H and O–H groups in total. The molecule has 0 bridgehead atoms. The number of nitrogens with zero attached hydrogens (tertiary/aromatic N) is 6. The molecule has 3 rings (SSSR count). The SMILES string of the molecule is CCn1cc(CN(C)C[C@@H]2CCCN(C)[C@H]2c2ccnn2C)cn1. The van der Waals surface area contributed by atoms with Gasteiger partial charge in [-0.15, -0.1) is 0 Å². The van der Waals surface area contributed by atoms with Crippen LogP contribution in [0, 0.1) is 5.92 Å². The van der Waals surface area contributed by atoms with Gasteiger partial charge >= 0.3 is 0 Å². The van der Waals surface area contributed by atoms with Crippen LogP contribution in [0.25, 0.3) is 0 Å². The molecular weight excluding hydrogens is 300 g/mol. The molecule has 6 heteroatoms. The Hall–Kier alpha value is -1.66. The van der Waals surface area contributed by atoms with Gasteiger partial charge in [0.25, 0.3) is 0 Å². The summed E-state index contributed by atoms with van der Waals surface area (Å²) in [4.78, 5) is 4.93. The summed E-state index contributed by atoms with van der Waals surface area (Å²) in [6.45, 7) is 6.27. The van der Waals surface area contributed by atoms with E-state index in [0.717, 1.165) is 19.6 Å². The molecule has 24 heavy (non-hydrogen) atoms. The highest BCUT2D eigenvalue weighted by Gasteiger charge is 2.32. The smallest absolute Gasteiger partial charge is 0.0555 e. The number of aromatic nitrogens is 4. The number of hydrogen-bond donors (Lipinski definition) is 0. The maximum absolute atomic E-state index is 4.39. The van der Waals surface area contributed by atoms with Crippen molar-refractivity contribution in [3.8, 4) is 0 Å². The van der Waals surface area contributed by atoms with Crippen LogP contribution in [0.5, 0.6) is 0 Å². The Morgan fingerprint density at radius 2 is 2.12 bits per heavy atom. The Labute approximate surface area is 145 Å². The van der Waals surface area contributed by atoms with Gasteiger partial charge < -0.3 is 4.90 Å². The quantitative estimate of drug-likeness (QED) is 0.814. The van der Waals surface area contributed by atoms with E-state index in [1.165, 1.54) is 30.6 Å². The highest BCUT2D eigenvalue weighted by molar-refractivity contribution is 5.10. The average molecular weight is 330 g/mol. The van der Waals surface area contributed by atoms with Gasteiger partial charge in [0.05, 0.1) is 17.9 Å². The van der Waals surface area contributed by atoms with Crippen LogP contribution in [0.4, 0.5) is 0 Å². The molecule has 0 saturated carbocycles. The first kappa shape index (κ1) is 17.2. The molecule has 2 aromatic rings. The lowest BCUT2D eigenvalue weighted by Gasteiger charge is -2.40. The summed E-state index contributed by atoms with van der Waals surface area (Å²) in [6.07, 6.45) is 8.61. The highest BCUT2D eigenvalue weighted by atomic mass is 15.3. The van der Waals surface area contributed by atoms with Gasteiger partial charge in [0.1, 0.15) is 0 Å². The number of likely N-dealkylation sites (tertiary alicyclic amines) is 1. The summed E-state index contributed by atoms with van der Waals surface area (Å²) in [7, 11) is 6.52. The second-order valence-electron chi connectivity index (χ2n) is 7.11. The topological polar surface area (TPSA) is 42.1 Å². The standard InChI is InChI=1S/C18H30N6/c1-5-24-13-15(11-20-24)12-21(2)14-16-7-6-10-22(3)18(16)17-8-9-19-23(17)4/h8-9,11,13,16,18H,5-7,10,12,14H2,1-4H3/t16-,18+/m0/s1. The zero-order valence-electron chi connectivity index (χ0n) is 15.4. The molecule has 132 valence electrons. The van der Waals surface area contributed by atoms with Crippen LogP contribution in [0.3, 0.4) is 0 Å². The third-order valence-corrected chi connectivity index (χ3v) is 5.18. The molecular formula is C18H30N6. The van der Waals surface area contributed by atoms with E-state index in [2.05, 4.69) is 60.3 Å². The van der Waals surface area contributed by atoms with E-state index in [4.69, 9.17) is 0 Å². The van der Waals surface area contributed by atoms with Gasteiger partial charge in [-0.05, 0) is 52.4 Å². The molecule has 1 fully saturated rings. The molecule has 0 amide bonds. The number of piperidine rings is 1. The largest absolute Gasteiger partial charge is 0.302 e. The summed E-state index contributed by atoms with van der Waals surface area (Å²) in [5, 5.41) is 8.77. The predicted octanol–water partition coefficient (Wildman–Crippen LogP) is 2.15. The Morgan fingerprint density at radius 1 is 1.29 bits per heavy atom. The van der Waals surface area contributed by atoms with E-state index in [-0.39, 0.29) is 0 Å². The van der Waals surface area contributed by atoms with E-state index >= 15 is 0 Å². The molecule has 3 heterocycles. The van der Waals surface area contributed by atoms with Crippen LogP contribution in [-0.4, -0.2) is 56.5 Å². The molecule has 0 radical (unpaired) electrons. The van der Waals surface area contributed by atoms with Crippen LogP contribution in [0.15, 0.2) is 24.7 Å². The van der Waals surface area contributed by atoms with Gasteiger partial charge in [0.15, 0.2) is 0 Å². The van der Waals surface area contributed by atoms with Crippen LogP contribution < -0.4 is 0 Å². The van der Waals surface area contributed by atoms with Crippen molar-refractivity contribution in [2.24, 2.45) is 13.0 Å². The summed E-state index contributed by atoms with van der Waals surface area (Å²) in [5.74, 6) is 0.630. The summed E-state index contributed by atoms with van der Waals surface area (Å²) >= 11 is 0. The molecule has 6 nitrogen and oxygen atoms in total. The first-order valence-corrected chi connectivity index (χ1v) is 8.96. The summed E-state index contributed by atoms with van der Waals surface area (Å²) < 4.78 is 4.03. The molecule has 0 unspecified atom stereocenters. The fourth-order valence-electron chi connectivity index (χ4n) is 4.03. The van der Waals surface area contributed by atoms with Crippen molar-refractivity contribution in [3.05, 3.63) is 35.9 Å². The zero-order chi connectivity index (χ0) is 17.1. The second kappa shape index (κ2) is 7.49. The highest BCUT2D eigenvalue weighted by Crippen LogP contribution is 2.35. The number of rotatable bonds is 6. The Kier molecular flexibility index (Phi) is 5.36. The third-order valence-electron chi connectivity index (χ3n) is 5.18. The van der Waals surface area contributed by atoms with Gasteiger partial charge in [0, 0.05) is 44.6 Å². The molecule has 2 aromatic heterocycles. The van der Waals surface area contributed by atoms with Gasteiger partial charge in [-0.2, -0.15) is 10.2 Å². The van der Waals surface area contributed by atoms with Crippen molar-refractivity contribution in [3.63, 3.8) is 0 Å². The lowest BCUT2D eigenvalue weighted by Crippen LogP contribution is -2.41. The summed E-state index contributed by atoms with van der Waals surface area (Å²) in [5.41, 5.74) is 2.62. The second-order valence-corrected chi connectivity index (χ2v) is 7.11. The van der Waals surface area contributed by atoms with E-state index in [0.29, 0.717) is 12.0 Å². The predicted molar refractivity (Wildman–Crippen MR) is 95.5 cm³/mol. The first-order valence-electron chi connectivity index (χ1n) is 8.96. The molecule has 1 aliphatic heterocycles. The first-order chi connectivity index (χ1) is 11.6. The Bertz CT molecular complexity index is 645. The zero-order valence-corrected chi connectivity index (χ0v) is 15.4. The summed E-state index contributed by atoms with van der Waals surface area (Å²) in [6, 6.07) is 2.62. The lowest BCUT2D eigenvalue weighted by molar-refractivity contribution is 0.0873. The molecule has 1 aliphatic rings. The maximum atomic E-state index is 4.39. The van der Waals surface area contributed by atoms with E-state index in [1.54, 1.807) is 0 Å². The fourth-order valence-corrected chi connectivity index (χ4v) is 4.03. The van der Waals surface area contributed by atoms with E-state index in [9.17, 15) is 0 Å².